The highest BCUT2D eigenvalue weighted by atomic mass is 79.9. The predicted octanol–water partition coefficient (Wildman–Crippen LogP) is 1.63. The highest BCUT2D eigenvalue weighted by molar-refractivity contribution is 9.11. The molecule has 0 saturated carbocycles. The summed E-state index contributed by atoms with van der Waals surface area (Å²) in [5.74, 6) is 0. The van der Waals surface area contributed by atoms with Crippen LogP contribution in [-0.2, 0) is 0 Å². The first-order chi connectivity index (χ1) is 3.31. The van der Waals surface area contributed by atoms with Gasteiger partial charge in [-0.15, -0.1) is 0 Å². The fourth-order valence-corrected chi connectivity index (χ4v) is 0.426. The van der Waals surface area contributed by atoms with E-state index in [4.69, 9.17) is 0 Å². The van der Waals surface area contributed by atoms with Crippen molar-refractivity contribution in [1.82, 2.24) is 5.32 Å². The van der Waals surface area contributed by atoms with Gasteiger partial charge in [0.15, 0.2) is 0 Å². The molecule has 1 nitrogen and oxygen atoms in total. The number of rotatable bonds is 2. The molecule has 0 radical (unpaired) electrons. The van der Waals surface area contributed by atoms with E-state index in [0.717, 1.165) is 4.48 Å². The molecular formula is C5H8BrN. The van der Waals surface area contributed by atoms with Crippen LogP contribution in [-0.4, -0.2) is 7.05 Å². The van der Waals surface area contributed by atoms with Gasteiger partial charge in [0.05, 0.1) is 0 Å². The third kappa shape index (κ3) is 3.59. The summed E-state index contributed by atoms with van der Waals surface area (Å²) in [6.07, 6.45) is 3.53. The first-order valence-corrected chi connectivity index (χ1v) is 2.76. The van der Waals surface area contributed by atoms with Crippen LogP contribution in [0.15, 0.2) is 23.3 Å². The zero-order chi connectivity index (χ0) is 5.70. The molecule has 0 fully saturated rings. The van der Waals surface area contributed by atoms with Crippen molar-refractivity contribution in [1.29, 1.82) is 0 Å². The van der Waals surface area contributed by atoms with Crippen molar-refractivity contribution in [2.24, 2.45) is 0 Å². The number of allylic oxidation sites excluding steroid dienone is 2. The van der Waals surface area contributed by atoms with Gasteiger partial charge in [-0.2, -0.15) is 0 Å². The maximum absolute atomic E-state index is 3.52. The summed E-state index contributed by atoms with van der Waals surface area (Å²) in [7, 11) is 1.84. The van der Waals surface area contributed by atoms with E-state index in [2.05, 4.69) is 27.8 Å². The lowest BCUT2D eigenvalue weighted by Crippen LogP contribution is -1.91. The number of hydrogen-bond donors (Lipinski definition) is 1. The van der Waals surface area contributed by atoms with Crippen molar-refractivity contribution in [3.05, 3.63) is 23.3 Å². The van der Waals surface area contributed by atoms with E-state index in [1.807, 2.05) is 13.2 Å². The van der Waals surface area contributed by atoms with Crippen molar-refractivity contribution < 1.29 is 0 Å². The molecule has 2 heteroatoms. The summed E-state index contributed by atoms with van der Waals surface area (Å²) < 4.78 is 0.968. The highest BCUT2D eigenvalue weighted by Crippen LogP contribution is 2.01. The van der Waals surface area contributed by atoms with Crippen LogP contribution < -0.4 is 5.32 Å². The Balaban J connectivity index is 3.49. The molecule has 0 saturated heterocycles. The van der Waals surface area contributed by atoms with E-state index in [0.29, 0.717) is 0 Å². The second-order valence-electron chi connectivity index (χ2n) is 1.02. The lowest BCUT2D eigenvalue weighted by atomic mass is 10.6. The van der Waals surface area contributed by atoms with Crippen molar-refractivity contribution in [2.75, 3.05) is 7.05 Å². The second kappa shape index (κ2) is 3.93. The number of halogens is 1. The molecule has 0 aromatic heterocycles. The lowest BCUT2D eigenvalue weighted by molar-refractivity contribution is 1.10. The third-order valence-electron chi connectivity index (χ3n) is 0.477. The Morgan fingerprint density at radius 3 is 2.57 bits per heavy atom. The largest absolute Gasteiger partial charge is 0.393 e. The van der Waals surface area contributed by atoms with Gasteiger partial charge in [0, 0.05) is 17.7 Å². The molecule has 0 atom stereocenters. The fraction of sp³-hybridized carbons (Fsp3) is 0.200. The summed E-state index contributed by atoms with van der Waals surface area (Å²) in [4.78, 5) is 0. The maximum atomic E-state index is 3.52. The van der Waals surface area contributed by atoms with E-state index < -0.39 is 0 Å². The van der Waals surface area contributed by atoms with Crippen LogP contribution >= 0.6 is 15.9 Å². The third-order valence-corrected chi connectivity index (χ3v) is 1.03. The predicted molar refractivity (Wildman–Crippen MR) is 36.3 cm³/mol. The number of hydrogen-bond acceptors (Lipinski definition) is 1. The van der Waals surface area contributed by atoms with Gasteiger partial charge in [0.25, 0.3) is 0 Å². The Bertz CT molecular complexity index is 86.1. The molecule has 0 bridgehead atoms. The first kappa shape index (κ1) is 6.76. The summed E-state index contributed by atoms with van der Waals surface area (Å²) in [5.41, 5.74) is 0. The van der Waals surface area contributed by atoms with Gasteiger partial charge in [-0.1, -0.05) is 12.7 Å². The topological polar surface area (TPSA) is 12.0 Å². The van der Waals surface area contributed by atoms with Crippen molar-refractivity contribution in [3.63, 3.8) is 0 Å². The molecule has 0 aromatic rings. The van der Waals surface area contributed by atoms with Crippen LogP contribution in [0.2, 0.25) is 0 Å². The average Bonchev–Trinajstić information content (AvgIpc) is 1.68. The summed E-state index contributed by atoms with van der Waals surface area (Å²) in [6.45, 7) is 3.52. The average molecular weight is 162 g/mol. The van der Waals surface area contributed by atoms with Gasteiger partial charge in [0.2, 0.25) is 0 Å². The van der Waals surface area contributed by atoms with Crippen molar-refractivity contribution in [3.8, 4) is 0 Å². The van der Waals surface area contributed by atoms with Crippen LogP contribution in [0.5, 0.6) is 0 Å². The lowest BCUT2D eigenvalue weighted by Gasteiger charge is -1.84. The molecule has 0 aliphatic carbocycles. The molecule has 0 spiro atoms. The van der Waals surface area contributed by atoms with E-state index in [1.165, 1.54) is 0 Å². The van der Waals surface area contributed by atoms with E-state index >= 15 is 0 Å². The van der Waals surface area contributed by atoms with Crippen molar-refractivity contribution in [2.45, 2.75) is 0 Å². The molecule has 0 unspecified atom stereocenters. The van der Waals surface area contributed by atoms with E-state index in [-0.39, 0.29) is 0 Å². The van der Waals surface area contributed by atoms with E-state index in [9.17, 15) is 0 Å². The smallest absolute Gasteiger partial charge is 0.0326 e. The van der Waals surface area contributed by atoms with Crippen LogP contribution in [0.25, 0.3) is 0 Å². The Labute approximate surface area is 52.2 Å². The van der Waals surface area contributed by atoms with Crippen LogP contribution in [0, 0.1) is 0 Å². The molecule has 0 heterocycles. The number of nitrogens with one attached hydrogen (secondary N) is 1. The van der Waals surface area contributed by atoms with Crippen LogP contribution in [0.3, 0.4) is 0 Å². The maximum Gasteiger partial charge on any atom is 0.0326 e. The zero-order valence-corrected chi connectivity index (χ0v) is 5.83. The quantitative estimate of drug-likeness (QED) is 0.608. The summed E-state index contributed by atoms with van der Waals surface area (Å²) in [6, 6.07) is 0. The fourth-order valence-electron chi connectivity index (χ4n) is 0.197. The minimum absolute atomic E-state index is 0.968. The normalized spacial score (nSPS) is 10.9. The molecule has 0 aliphatic heterocycles. The van der Waals surface area contributed by atoms with Gasteiger partial charge in [-0.05, 0) is 15.9 Å². The molecule has 0 amide bonds. The van der Waals surface area contributed by atoms with Crippen molar-refractivity contribution >= 4 is 15.9 Å². The molecular weight excluding hydrogens is 154 g/mol. The Morgan fingerprint density at radius 2 is 2.43 bits per heavy atom. The minimum Gasteiger partial charge on any atom is -0.393 e. The molecule has 7 heavy (non-hydrogen) atoms. The Morgan fingerprint density at radius 1 is 1.86 bits per heavy atom. The second-order valence-corrected chi connectivity index (χ2v) is 1.94. The van der Waals surface area contributed by atoms with Gasteiger partial charge < -0.3 is 5.32 Å². The standard InChI is InChI=1S/C5H8BrN/c1-3-5(6)4-7-2/h3-4,7H,1H2,2H3/b5-4+. The van der Waals surface area contributed by atoms with Gasteiger partial charge in [-0.3, -0.25) is 0 Å². The summed E-state index contributed by atoms with van der Waals surface area (Å²) >= 11 is 3.22. The van der Waals surface area contributed by atoms with Crippen LogP contribution in [0.4, 0.5) is 0 Å². The zero-order valence-electron chi connectivity index (χ0n) is 4.24. The van der Waals surface area contributed by atoms with Gasteiger partial charge in [0.1, 0.15) is 0 Å². The minimum atomic E-state index is 0.968. The Kier molecular flexibility index (Phi) is 3.80. The SMILES string of the molecule is C=C/C(Br)=C\NC. The van der Waals surface area contributed by atoms with Crippen LogP contribution in [0.1, 0.15) is 0 Å². The summed E-state index contributed by atoms with van der Waals surface area (Å²) in [5, 5.41) is 2.84. The Hall–Kier alpha value is -0.240. The monoisotopic (exact) mass is 161 g/mol. The molecule has 40 valence electrons. The molecule has 0 aliphatic rings. The van der Waals surface area contributed by atoms with Gasteiger partial charge in [-0.25, -0.2) is 0 Å². The molecule has 0 aromatic carbocycles. The molecule has 1 N–H and O–H groups in total. The van der Waals surface area contributed by atoms with E-state index in [1.54, 1.807) is 6.08 Å². The first-order valence-electron chi connectivity index (χ1n) is 1.96. The van der Waals surface area contributed by atoms with Gasteiger partial charge >= 0.3 is 0 Å². The highest BCUT2D eigenvalue weighted by Gasteiger charge is 1.73. The molecule has 0 rings (SSSR count).